The van der Waals surface area contributed by atoms with Crippen molar-refractivity contribution in [2.75, 3.05) is 20.8 Å². The van der Waals surface area contributed by atoms with Gasteiger partial charge in [0, 0.05) is 32.3 Å². The van der Waals surface area contributed by atoms with E-state index in [2.05, 4.69) is 77.4 Å². The van der Waals surface area contributed by atoms with Gasteiger partial charge in [-0.3, -0.25) is 0 Å². The molecule has 1 atom stereocenters. The van der Waals surface area contributed by atoms with Crippen LogP contribution in [0, 0.1) is 12.3 Å². The lowest BCUT2D eigenvalue weighted by molar-refractivity contribution is -0.0968. The number of oxime groups is 1. The number of aromatic nitrogens is 2. The maximum Gasteiger partial charge on any atom is 0.234 e. The van der Waals surface area contributed by atoms with Crippen molar-refractivity contribution < 1.29 is 14.3 Å². The summed E-state index contributed by atoms with van der Waals surface area (Å²) in [4.78, 5) is 13.0. The number of aryl methyl sites for hydroxylation is 1. The van der Waals surface area contributed by atoms with Crippen LogP contribution in [0.2, 0.25) is 0 Å². The molecule has 0 radical (unpaired) electrons. The molecule has 0 N–H and O–H groups in total. The van der Waals surface area contributed by atoms with Gasteiger partial charge in [0.1, 0.15) is 5.75 Å². The van der Waals surface area contributed by atoms with Gasteiger partial charge in [-0.25, -0.2) is 4.98 Å². The predicted molar refractivity (Wildman–Crippen MR) is 139 cm³/mol. The van der Waals surface area contributed by atoms with Crippen LogP contribution in [0.15, 0.2) is 65.7 Å². The minimum atomic E-state index is -0.598. The van der Waals surface area contributed by atoms with E-state index in [1.165, 1.54) is 24.0 Å². The van der Waals surface area contributed by atoms with Gasteiger partial charge < -0.3 is 23.8 Å². The van der Waals surface area contributed by atoms with E-state index in [1.807, 2.05) is 10.8 Å². The number of amidine groups is 1. The Morgan fingerprint density at radius 3 is 2.75 bits per heavy atom. The first kappa shape index (κ1) is 22.9. The fourth-order valence-corrected chi connectivity index (χ4v) is 5.45. The Morgan fingerprint density at radius 1 is 1.14 bits per heavy atom. The number of piperidine rings is 1. The maximum absolute atomic E-state index is 6.19. The van der Waals surface area contributed by atoms with Crippen molar-refractivity contribution in [3.05, 3.63) is 82.9 Å². The summed E-state index contributed by atoms with van der Waals surface area (Å²) in [5.74, 6) is 1.73. The number of imidazole rings is 1. The Balaban J connectivity index is 1.34. The third kappa shape index (κ3) is 3.88. The van der Waals surface area contributed by atoms with Crippen LogP contribution >= 0.6 is 0 Å². The summed E-state index contributed by atoms with van der Waals surface area (Å²) in [5, 5.41) is 4.63. The fraction of sp³-hybridized carbons (Fsp3) is 0.379. The largest absolute Gasteiger partial charge is 0.495 e. The Kier molecular flexibility index (Phi) is 5.41. The Labute approximate surface area is 212 Å². The molecule has 6 rings (SSSR count). The molecule has 0 bridgehead atoms. The molecule has 36 heavy (non-hydrogen) atoms. The molecule has 1 saturated carbocycles. The second-order valence-electron chi connectivity index (χ2n) is 10.4. The number of rotatable bonds is 6. The molecule has 1 unspecified atom stereocenters. The molecule has 2 aromatic carbocycles. The molecule has 1 saturated heterocycles. The van der Waals surface area contributed by atoms with Gasteiger partial charge >= 0.3 is 0 Å². The maximum atomic E-state index is 6.19. The average Bonchev–Trinajstić information content (AvgIpc) is 3.29. The molecule has 2 fully saturated rings. The molecule has 2 aliphatic heterocycles. The topological polar surface area (TPSA) is 61.1 Å². The van der Waals surface area contributed by atoms with Gasteiger partial charge in [0.15, 0.2) is 5.84 Å². The summed E-state index contributed by atoms with van der Waals surface area (Å²) in [6, 6.07) is 14.8. The zero-order valence-corrected chi connectivity index (χ0v) is 21.3. The molecule has 7 heteroatoms. The van der Waals surface area contributed by atoms with Crippen LogP contribution in [0.5, 0.6) is 5.75 Å². The van der Waals surface area contributed by atoms with Gasteiger partial charge in [-0.2, -0.15) is 0 Å². The summed E-state index contributed by atoms with van der Waals surface area (Å²) in [5.41, 5.74) is 6.17. The minimum Gasteiger partial charge on any atom is -0.495 e. The van der Waals surface area contributed by atoms with Crippen LogP contribution in [0.1, 0.15) is 48.6 Å². The quantitative estimate of drug-likeness (QED) is 0.467. The molecule has 0 amide bonds. The van der Waals surface area contributed by atoms with Crippen LogP contribution in [0.25, 0.3) is 11.8 Å². The van der Waals surface area contributed by atoms with Crippen LogP contribution in [-0.4, -0.2) is 41.1 Å². The van der Waals surface area contributed by atoms with Crippen molar-refractivity contribution in [2.45, 2.75) is 45.4 Å². The number of ether oxygens (including phenoxy) is 2. The van der Waals surface area contributed by atoms with Gasteiger partial charge in [0.2, 0.25) is 5.72 Å². The summed E-state index contributed by atoms with van der Waals surface area (Å²) in [6.07, 6.45) is 9.49. The average molecular weight is 485 g/mol. The summed E-state index contributed by atoms with van der Waals surface area (Å²) in [6.45, 7) is 5.70. The van der Waals surface area contributed by atoms with E-state index in [0.29, 0.717) is 12.0 Å². The highest BCUT2D eigenvalue weighted by molar-refractivity contribution is 6.04. The Morgan fingerprint density at radius 2 is 2.00 bits per heavy atom. The van der Waals surface area contributed by atoms with Crippen LogP contribution in [0.4, 0.5) is 0 Å². The highest BCUT2D eigenvalue weighted by Crippen LogP contribution is 2.57. The number of benzene rings is 2. The first-order valence-electron chi connectivity index (χ1n) is 12.5. The third-order valence-electron chi connectivity index (χ3n) is 7.69. The molecule has 1 spiro atoms. The van der Waals surface area contributed by atoms with Crippen molar-refractivity contribution in [3.8, 4) is 11.4 Å². The van der Waals surface area contributed by atoms with E-state index in [-0.39, 0.29) is 0 Å². The smallest absolute Gasteiger partial charge is 0.234 e. The molecule has 7 nitrogen and oxygen atoms in total. The van der Waals surface area contributed by atoms with E-state index < -0.39 is 5.72 Å². The van der Waals surface area contributed by atoms with Gasteiger partial charge in [-0.1, -0.05) is 41.1 Å². The van der Waals surface area contributed by atoms with E-state index >= 15 is 0 Å². The lowest BCUT2D eigenvalue weighted by Gasteiger charge is -2.41. The SMILES string of the molecule is COCc1cn(-c2ccc(/C=C3\CC4(CC4)CN4C3=NOC4(C)c3cccc(C)c3)cc2OC)cn1. The molecular weight excluding hydrogens is 452 g/mol. The Hall–Kier alpha value is -3.58. The highest BCUT2D eigenvalue weighted by atomic mass is 16.7. The molecular formula is C29H32N4O3. The fourth-order valence-electron chi connectivity index (χ4n) is 5.45. The Bertz CT molecular complexity index is 1370. The van der Waals surface area contributed by atoms with E-state index in [4.69, 9.17) is 14.3 Å². The van der Waals surface area contributed by atoms with Gasteiger partial charge in [0.25, 0.3) is 0 Å². The van der Waals surface area contributed by atoms with Crippen LogP contribution in [0.3, 0.4) is 0 Å². The van der Waals surface area contributed by atoms with Crippen molar-refractivity contribution in [2.24, 2.45) is 10.6 Å². The first-order valence-corrected chi connectivity index (χ1v) is 12.5. The van der Waals surface area contributed by atoms with Crippen molar-refractivity contribution >= 4 is 11.9 Å². The molecule has 3 aromatic rings. The standard InChI is InChI=1S/C29H32N4O3/c1-20-6-5-7-23(12-20)28(2)33-18-29(10-11-29)15-22(27(33)31-36-28)13-21-8-9-25(26(14-21)35-4)32-16-24(17-34-3)30-19-32/h5-9,12-14,16,19H,10-11,15,17-18H2,1-4H3/b22-13+. The van der Waals surface area contributed by atoms with Gasteiger partial charge in [0.05, 0.1) is 31.4 Å². The summed E-state index contributed by atoms with van der Waals surface area (Å²) < 4.78 is 12.9. The second-order valence-corrected chi connectivity index (χ2v) is 10.4. The van der Waals surface area contributed by atoms with Gasteiger partial charge in [-0.05, 0) is 60.9 Å². The lowest BCUT2D eigenvalue weighted by Crippen LogP contribution is -2.50. The molecule has 1 aliphatic carbocycles. The zero-order chi connectivity index (χ0) is 24.9. The van der Waals surface area contributed by atoms with E-state index in [0.717, 1.165) is 47.1 Å². The summed E-state index contributed by atoms with van der Waals surface area (Å²) in [7, 11) is 3.37. The van der Waals surface area contributed by atoms with Crippen molar-refractivity contribution in [1.82, 2.24) is 14.5 Å². The highest BCUT2D eigenvalue weighted by Gasteiger charge is 2.56. The number of nitrogens with zero attached hydrogens (tertiary/aromatic N) is 4. The molecule has 1 aromatic heterocycles. The predicted octanol–water partition coefficient (Wildman–Crippen LogP) is 5.42. The normalized spacial score (nSPS) is 22.9. The first-order chi connectivity index (χ1) is 17.4. The monoisotopic (exact) mass is 484 g/mol. The third-order valence-corrected chi connectivity index (χ3v) is 7.69. The number of fused-ring (bicyclic) bond motifs is 1. The number of hydrogen-bond donors (Lipinski definition) is 0. The van der Waals surface area contributed by atoms with Crippen LogP contribution in [-0.2, 0) is 21.9 Å². The number of hydrogen-bond acceptors (Lipinski definition) is 6. The zero-order valence-electron chi connectivity index (χ0n) is 21.3. The lowest BCUT2D eigenvalue weighted by atomic mass is 9.86. The number of methoxy groups -OCH3 is 2. The summed E-state index contributed by atoms with van der Waals surface area (Å²) >= 11 is 0. The van der Waals surface area contributed by atoms with Crippen molar-refractivity contribution in [1.29, 1.82) is 0 Å². The molecule has 186 valence electrons. The van der Waals surface area contributed by atoms with Crippen molar-refractivity contribution in [3.63, 3.8) is 0 Å². The van der Waals surface area contributed by atoms with Gasteiger partial charge in [-0.15, -0.1) is 0 Å². The van der Waals surface area contributed by atoms with E-state index in [9.17, 15) is 0 Å². The molecule has 3 aliphatic rings. The van der Waals surface area contributed by atoms with E-state index in [1.54, 1.807) is 20.5 Å². The minimum absolute atomic E-state index is 0.308. The molecule has 3 heterocycles. The second kappa shape index (κ2) is 8.52. The van der Waals surface area contributed by atoms with Crippen LogP contribution < -0.4 is 4.74 Å².